The SMILES string of the molecule is CNC(c1cccnc1)c1ccc(Br)cc1OC. The van der Waals surface area contributed by atoms with Gasteiger partial charge in [0.15, 0.2) is 0 Å². The minimum Gasteiger partial charge on any atom is -0.496 e. The third-order valence-electron chi connectivity index (χ3n) is 2.81. The van der Waals surface area contributed by atoms with Gasteiger partial charge in [0.2, 0.25) is 0 Å². The summed E-state index contributed by atoms with van der Waals surface area (Å²) >= 11 is 3.45. The van der Waals surface area contributed by atoms with Crippen molar-refractivity contribution in [1.82, 2.24) is 10.3 Å². The fourth-order valence-electron chi connectivity index (χ4n) is 1.97. The van der Waals surface area contributed by atoms with E-state index in [2.05, 4.69) is 38.4 Å². The molecule has 1 atom stereocenters. The molecule has 1 aromatic heterocycles. The molecule has 3 nitrogen and oxygen atoms in total. The number of rotatable bonds is 4. The van der Waals surface area contributed by atoms with Gasteiger partial charge in [-0.25, -0.2) is 0 Å². The monoisotopic (exact) mass is 306 g/mol. The molecule has 1 aromatic carbocycles. The van der Waals surface area contributed by atoms with Crippen LogP contribution in [0.15, 0.2) is 47.2 Å². The molecule has 0 amide bonds. The molecule has 0 aliphatic heterocycles. The van der Waals surface area contributed by atoms with Crippen LogP contribution >= 0.6 is 15.9 Å². The normalized spacial score (nSPS) is 12.2. The van der Waals surface area contributed by atoms with Crippen molar-refractivity contribution in [2.24, 2.45) is 0 Å². The Morgan fingerprint density at radius 3 is 2.78 bits per heavy atom. The first-order valence-electron chi connectivity index (χ1n) is 5.67. The van der Waals surface area contributed by atoms with Crippen molar-refractivity contribution < 1.29 is 4.74 Å². The Balaban J connectivity index is 2.45. The van der Waals surface area contributed by atoms with E-state index in [0.717, 1.165) is 21.3 Å². The Bertz CT molecular complexity index is 516. The average Bonchev–Trinajstić information content (AvgIpc) is 2.42. The first-order valence-corrected chi connectivity index (χ1v) is 6.46. The maximum Gasteiger partial charge on any atom is 0.125 e. The van der Waals surface area contributed by atoms with E-state index in [1.165, 1.54) is 0 Å². The number of nitrogens with one attached hydrogen (secondary N) is 1. The highest BCUT2D eigenvalue weighted by Crippen LogP contribution is 2.31. The van der Waals surface area contributed by atoms with Gasteiger partial charge in [0.1, 0.15) is 5.75 Å². The highest BCUT2D eigenvalue weighted by molar-refractivity contribution is 9.10. The molecule has 2 rings (SSSR count). The largest absolute Gasteiger partial charge is 0.496 e. The Labute approximate surface area is 115 Å². The molecular weight excluding hydrogens is 292 g/mol. The lowest BCUT2D eigenvalue weighted by atomic mass is 9.99. The molecule has 0 radical (unpaired) electrons. The standard InChI is InChI=1S/C14H15BrN2O/c1-16-14(10-4-3-7-17-9-10)12-6-5-11(15)8-13(12)18-2/h3-9,14,16H,1-2H3. The van der Waals surface area contributed by atoms with Crippen LogP contribution < -0.4 is 10.1 Å². The number of hydrogen-bond acceptors (Lipinski definition) is 3. The molecule has 1 heterocycles. The summed E-state index contributed by atoms with van der Waals surface area (Å²) in [7, 11) is 3.61. The van der Waals surface area contributed by atoms with Crippen LogP contribution in [0.2, 0.25) is 0 Å². The van der Waals surface area contributed by atoms with Crippen molar-refractivity contribution in [3.8, 4) is 5.75 Å². The van der Waals surface area contributed by atoms with Gasteiger partial charge in [-0.15, -0.1) is 0 Å². The van der Waals surface area contributed by atoms with Gasteiger partial charge in [-0.1, -0.05) is 28.1 Å². The van der Waals surface area contributed by atoms with Crippen LogP contribution in [0.4, 0.5) is 0 Å². The second-order valence-electron chi connectivity index (χ2n) is 3.89. The minimum atomic E-state index is 0.0711. The van der Waals surface area contributed by atoms with E-state index in [1.54, 1.807) is 13.3 Å². The summed E-state index contributed by atoms with van der Waals surface area (Å²) < 4.78 is 6.44. The van der Waals surface area contributed by atoms with Gasteiger partial charge in [-0.05, 0) is 30.8 Å². The number of aromatic nitrogens is 1. The number of hydrogen-bond donors (Lipinski definition) is 1. The molecule has 94 valence electrons. The Morgan fingerprint density at radius 1 is 1.33 bits per heavy atom. The second-order valence-corrected chi connectivity index (χ2v) is 4.81. The second kappa shape index (κ2) is 5.98. The summed E-state index contributed by atoms with van der Waals surface area (Å²) in [6.07, 6.45) is 3.64. The fraction of sp³-hybridized carbons (Fsp3) is 0.214. The zero-order chi connectivity index (χ0) is 13.0. The molecule has 0 fully saturated rings. The molecule has 0 bridgehead atoms. The Kier molecular flexibility index (Phi) is 4.33. The Hall–Kier alpha value is -1.39. The molecule has 0 saturated carbocycles. The highest BCUT2D eigenvalue weighted by Gasteiger charge is 2.16. The molecule has 18 heavy (non-hydrogen) atoms. The van der Waals surface area contributed by atoms with Gasteiger partial charge in [0.05, 0.1) is 13.2 Å². The van der Waals surface area contributed by atoms with Crippen molar-refractivity contribution in [3.63, 3.8) is 0 Å². The van der Waals surface area contributed by atoms with Crippen LogP contribution in [-0.4, -0.2) is 19.1 Å². The topological polar surface area (TPSA) is 34.2 Å². The van der Waals surface area contributed by atoms with E-state index in [9.17, 15) is 0 Å². The number of ether oxygens (including phenoxy) is 1. The molecule has 0 aliphatic carbocycles. The molecular formula is C14H15BrN2O. The summed E-state index contributed by atoms with van der Waals surface area (Å²) in [6, 6.07) is 10.1. The van der Waals surface area contributed by atoms with E-state index in [0.29, 0.717) is 0 Å². The highest BCUT2D eigenvalue weighted by atomic mass is 79.9. The van der Waals surface area contributed by atoms with Crippen LogP contribution in [0.25, 0.3) is 0 Å². The maximum absolute atomic E-state index is 5.44. The number of benzene rings is 1. The Morgan fingerprint density at radius 2 is 2.17 bits per heavy atom. The molecule has 4 heteroatoms. The molecule has 0 aliphatic rings. The molecule has 0 spiro atoms. The predicted molar refractivity (Wildman–Crippen MR) is 75.8 cm³/mol. The predicted octanol–water partition coefficient (Wildman–Crippen LogP) is 3.16. The summed E-state index contributed by atoms with van der Waals surface area (Å²) in [5.74, 6) is 0.854. The first kappa shape index (κ1) is 13.1. The third-order valence-corrected chi connectivity index (χ3v) is 3.31. The van der Waals surface area contributed by atoms with E-state index in [4.69, 9.17) is 4.74 Å². The van der Waals surface area contributed by atoms with Crippen molar-refractivity contribution in [2.45, 2.75) is 6.04 Å². The summed E-state index contributed by atoms with van der Waals surface area (Å²) in [4.78, 5) is 4.16. The molecule has 1 N–H and O–H groups in total. The van der Waals surface area contributed by atoms with E-state index < -0.39 is 0 Å². The quantitative estimate of drug-likeness (QED) is 0.942. The summed E-state index contributed by atoms with van der Waals surface area (Å²) in [5, 5.41) is 3.29. The van der Waals surface area contributed by atoms with E-state index in [-0.39, 0.29) is 6.04 Å². The molecule has 1 unspecified atom stereocenters. The van der Waals surface area contributed by atoms with Crippen LogP contribution in [-0.2, 0) is 0 Å². The van der Waals surface area contributed by atoms with Gasteiger partial charge >= 0.3 is 0 Å². The molecule has 2 aromatic rings. The fourth-order valence-corrected chi connectivity index (χ4v) is 2.31. The average molecular weight is 307 g/mol. The van der Waals surface area contributed by atoms with Crippen LogP contribution in [0.5, 0.6) is 5.75 Å². The van der Waals surface area contributed by atoms with Crippen LogP contribution in [0, 0.1) is 0 Å². The van der Waals surface area contributed by atoms with Crippen molar-refractivity contribution in [2.75, 3.05) is 14.2 Å². The number of methoxy groups -OCH3 is 1. The lowest BCUT2D eigenvalue weighted by Crippen LogP contribution is -2.18. The van der Waals surface area contributed by atoms with E-state index >= 15 is 0 Å². The summed E-state index contributed by atoms with van der Waals surface area (Å²) in [6.45, 7) is 0. The van der Waals surface area contributed by atoms with Gasteiger partial charge < -0.3 is 10.1 Å². The number of nitrogens with zero attached hydrogens (tertiary/aromatic N) is 1. The van der Waals surface area contributed by atoms with Gasteiger partial charge in [0.25, 0.3) is 0 Å². The zero-order valence-electron chi connectivity index (χ0n) is 10.4. The van der Waals surface area contributed by atoms with Crippen LogP contribution in [0.1, 0.15) is 17.2 Å². The third kappa shape index (κ3) is 2.71. The van der Waals surface area contributed by atoms with Crippen molar-refractivity contribution in [3.05, 3.63) is 58.3 Å². The lowest BCUT2D eigenvalue weighted by molar-refractivity contribution is 0.405. The maximum atomic E-state index is 5.44. The van der Waals surface area contributed by atoms with Gasteiger partial charge in [-0.2, -0.15) is 0 Å². The van der Waals surface area contributed by atoms with E-state index in [1.807, 2.05) is 31.4 Å². The zero-order valence-corrected chi connectivity index (χ0v) is 11.9. The first-order chi connectivity index (χ1) is 8.76. The van der Waals surface area contributed by atoms with Crippen molar-refractivity contribution >= 4 is 15.9 Å². The lowest BCUT2D eigenvalue weighted by Gasteiger charge is -2.19. The smallest absolute Gasteiger partial charge is 0.125 e. The van der Waals surface area contributed by atoms with Crippen molar-refractivity contribution in [1.29, 1.82) is 0 Å². The minimum absolute atomic E-state index is 0.0711. The van der Waals surface area contributed by atoms with Gasteiger partial charge in [0, 0.05) is 22.4 Å². The number of pyridine rings is 1. The number of halogens is 1. The van der Waals surface area contributed by atoms with Crippen LogP contribution in [0.3, 0.4) is 0 Å². The van der Waals surface area contributed by atoms with Gasteiger partial charge in [-0.3, -0.25) is 4.98 Å². The summed E-state index contributed by atoms with van der Waals surface area (Å²) in [5.41, 5.74) is 2.21. The molecule has 0 saturated heterocycles.